The molecule has 0 unspecified atom stereocenters. The first-order chi connectivity index (χ1) is 14.8. The summed E-state index contributed by atoms with van der Waals surface area (Å²) in [5.41, 5.74) is 2.10. The van der Waals surface area contributed by atoms with E-state index in [0.717, 1.165) is 11.3 Å². The standard InChI is InChI=1S/C22H25N3O5S/c1-14-5-3-4-6-18(14)23-22(27)16-9-11-25(12-10-16)31(28,29)17-7-8-20-19(13-17)24-21(26)15(2)30-20/h3-8,13,15-16H,9-12H2,1-2H3,(H,23,27)(H,24,26)/t15-/m1/s1. The number of fused-ring (bicyclic) bond motifs is 1. The second kappa shape index (κ2) is 8.32. The lowest BCUT2D eigenvalue weighted by Gasteiger charge is -2.31. The van der Waals surface area contributed by atoms with Gasteiger partial charge >= 0.3 is 0 Å². The van der Waals surface area contributed by atoms with E-state index in [1.54, 1.807) is 13.0 Å². The van der Waals surface area contributed by atoms with E-state index in [1.165, 1.54) is 16.4 Å². The van der Waals surface area contributed by atoms with Crippen LogP contribution in [0.1, 0.15) is 25.3 Å². The van der Waals surface area contributed by atoms with E-state index in [4.69, 9.17) is 4.74 Å². The number of piperidine rings is 1. The molecule has 1 atom stereocenters. The zero-order chi connectivity index (χ0) is 22.2. The van der Waals surface area contributed by atoms with Gasteiger partial charge in [0.05, 0.1) is 10.6 Å². The average Bonchev–Trinajstić information content (AvgIpc) is 2.76. The Bertz CT molecular complexity index is 1120. The first-order valence-corrected chi connectivity index (χ1v) is 11.7. The van der Waals surface area contributed by atoms with Crippen molar-refractivity contribution in [3.63, 3.8) is 0 Å². The molecule has 8 nitrogen and oxygen atoms in total. The molecule has 1 fully saturated rings. The molecule has 31 heavy (non-hydrogen) atoms. The summed E-state index contributed by atoms with van der Waals surface area (Å²) in [6.07, 6.45) is 0.262. The lowest BCUT2D eigenvalue weighted by atomic mass is 9.97. The van der Waals surface area contributed by atoms with Gasteiger partial charge in [0.2, 0.25) is 15.9 Å². The van der Waals surface area contributed by atoms with Crippen LogP contribution in [0.25, 0.3) is 0 Å². The summed E-state index contributed by atoms with van der Waals surface area (Å²) in [6, 6.07) is 12.0. The Morgan fingerprint density at radius 3 is 2.58 bits per heavy atom. The molecule has 1 saturated heterocycles. The summed E-state index contributed by atoms with van der Waals surface area (Å²) < 4.78 is 33.1. The van der Waals surface area contributed by atoms with Crippen LogP contribution < -0.4 is 15.4 Å². The van der Waals surface area contributed by atoms with Gasteiger partial charge in [0, 0.05) is 24.7 Å². The van der Waals surface area contributed by atoms with E-state index in [-0.39, 0.29) is 35.7 Å². The Balaban J connectivity index is 1.42. The zero-order valence-electron chi connectivity index (χ0n) is 17.4. The zero-order valence-corrected chi connectivity index (χ0v) is 18.2. The normalized spacial score (nSPS) is 19.8. The number of nitrogens with zero attached hydrogens (tertiary/aromatic N) is 1. The lowest BCUT2D eigenvalue weighted by Crippen LogP contribution is -2.41. The summed E-state index contributed by atoms with van der Waals surface area (Å²) in [5.74, 6) is -0.210. The van der Waals surface area contributed by atoms with Crippen molar-refractivity contribution in [2.75, 3.05) is 23.7 Å². The van der Waals surface area contributed by atoms with Gasteiger partial charge in [-0.15, -0.1) is 0 Å². The van der Waals surface area contributed by atoms with Crippen LogP contribution in [0.15, 0.2) is 47.4 Å². The van der Waals surface area contributed by atoms with Crippen LogP contribution in [0, 0.1) is 12.8 Å². The number of carbonyl (C=O) groups is 2. The molecule has 0 aliphatic carbocycles. The van der Waals surface area contributed by atoms with Crippen molar-refractivity contribution in [3.8, 4) is 5.75 Å². The monoisotopic (exact) mass is 443 g/mol. The van der Waals surface area contributed by atoms with Crippen molar-refractivity contribution in [3.05, 3.63) is 48.0 Å². The smallest absolute Gasteiger partial charge is 0.265 e. The Labute approximate surface area is 181 Å². The molecule has 2 aromatic carbocycles. The van der Waals surface area contributed by atoms with Gasteiger partial charge in [0.25, 0.3) is 5.91 Å². The predicted octanol–water partition coefficient (Wildman–Crippen LogP) is 2.75. The maximum absolute atomic E-state index is 13.1. The highest BCUT2D eigenvalue weighted by molar-refractivity contribution is 7.89. The first kappa shape index (κ1) is 21.3. The van der Waals surface area contributed by atoms with Crippen LogP contribution in [0.2, 0.25) is 0 Å². The number of ether oxygens (including phenoxy) is 1. The summed E-state index contributed by atoms with van der Waals surface area (Å²) in [6.45, 7) is 4.07. The molecular formula is C22H25N3O5S. The van der Waals surface area contributed by atoms with Gasteiger partial charge in [0.15, 0.2) is 6.10 Å². The topological polar surface area (TPSA) is 105 Å². The van der Waals surface area contributed by atoms with Crippen LogP contribution in [0.5, 0.6) is 5.75 Å². The van der Waals surface area contributed by atoms with Gasteiger partial charge in [-0.05, 0) is 56.5 Å². The molecule has 0 radical (unpaired) electrons. The van der Waals surface area contributed by atoms with Gasteiger partial charge in [-0.3, -0.25) is 9.59 Å². The van der Waals surface area contributed by atoms with E-state index in [1.807, 2.05) is 31.2 Å². The second-order valence-corrected chi connectivity index (χ2v) is 9.83. The molecule has 0 aromatic heterocycles. The number of para-hydroxylation sites is 1. The molecule has 4 rings (SSSR count). The number of amides is 2. The van der Waals surface area contributed by atoms with Crippen LogP contribution >= 0.6 is 0 Å². The van der Waals surface area contributed by atoms with Gasteiger partial charge in [0.1, 0.15) is 5.75 Å². The van der Waals surface area contributed by atoms with E-state index < -0.39 is 16.1 Å². The third kappa shape index (κ3) is 4.28. The minimum atomic E-state index is -3.75. The fourth-order valence-electron chi connectivity index (χ4n) is 3.80. The molecule has 2 heterocycles. The average molecular weight is 444 g/mol. The Hall–Kier alpha value is -2.91. The number of rotatable bonds is 4. The first-order valence-electron chi connectivity index (χ1n) is 10.2. The number of anilines is 2. The highest BCUT2D eigenvalue weighted by atomic mass is 32.2. The van der Waals surface area contributed by atoms with Crippen molar-refractivity contribution < 1.29 is 22.7 Å². The van der Waals surface area contributed by atoms with Crippen molar-refractivity contribution in [1.29, 1.82) is 0 Å². The number of hydrogen-bond donors (Lipinski definition) is 2. The van der Waals surface area contributed by atoms with Crippen LogP contribution in [0.4, 0.5) is 11.4 Å². The molecule has 2 aliphatic heterocycles. The number of aryl methyl sites for hydroxylation is 1. The number of benzene rings is 2. The highest BCUT2D eigenvalue weighted by Crippen LogP contribution is 2.33. The van der Waals surface area contributed by atoms with E-state index >= 15 is 0 Å². The quantitative estimate of drug-likeness (QED) is 0.756. The largest absolute Gasteiger partial charge is 0.479 e. The SMILES string of the molecule is Cc1ccccc1NC(=O)C1CCN(S(=O)(=O)c2ccc3c(c2)NC(=O)[C@@H](C)O3)CC1. The molecule has 0 spiro atoms. The molecule has 0 bridgehead atoms. The summed E-state index contributed by atoms with van der Waals surface area (Å²) in [5, 5.41) is 5.62. The van der Waals surface area contributed by atoms with Crippen molar-refractivity contribution in [2.45, 2.75) is 37.7 Å². The summed E-state index contributed by atoms with van der Waals surface area (Å²) >= 11 is 0. The number of carbonyl (C=O) groups excluding carboxylic acids is 2. The van der Waals surface area contributed by atoms with Gasteiger partial charge in [-0.2, -0.15) is 4.31 Å². The fraction of sp³-hybridized carbons (Fsp3) is 0.364. The predicted molar refractivity (Wildman–Crippen MR) is 116 cm³/mol. The minimum Gasteiger partial charge on any atom is -0.479 e. The highest BCUT2D eigenvalue weighted by Gasteiger charge is 2.33. The molecule has 2 aliphatic rings. The lowest BCUT2D eigenvalue weighted by molar-refractivity contribution is -0.123. The van der Waals surface area contributed by atoms with Gasteiger partial charge in [-0.1, -0.05) is 18.2 Å². The number of sulfonamides is 1. The van der Waals surface area contributed by atoms with E-state index in [2.05, 4.69) is 10.6 Å². The molecule has 9 heteroatoms. The molecule has 0 saturated carbocycles. The fourth-order valence-corrected chi connectivity index (χ4v) is 5.30. The molecule has 2 amide bonds. The summed E-state index contributed by atoms with van der Waals surface area (Å²) in [4.78, 5) is 24.6. The Morgan fingerprint density at radius 1 is 1.16 bits per heavy atom. The summed E-state index contributed by atoms with van der Waals surface area (Å²) in [7, 11) is -3.75. The van der Waals surface area contributed by atoms with Crippen molar-refractivity contribution in [2.24, 2.45) is 5.92 Å². The molecule has 164 valence electrons. The van der Waals surface area contributed by atoms with Crippen LogP contribution in [-0.4, -0.2) is 43.7 Å². The van der Waals surface area contributed by atoms with Gasteiger partial charge in [-0.25, -0.2) is 8.42 Å². The maximum atomic E-state index is 13.1. The molecular weight excluding hydrogens is 418 g/mol. The van der Waals surface area contributed by atoms with Crippen molar-refractivity contribution >= 4 is 33.2 Å². The van der Waals surface area contributed by atoms with E-state index in [0.29, 0.717) is 24.3 Å². The Kier molecular flexibility index (Phi) is 5.72. The second-order valence-electron chi connectivity index (χ2n) is 7.89. The van der Waals surface area contributed by atoms with E-state index in [9.17, 15) is 18.0 Å². The third-order valence-electron chi connectivity index (χ3n) is 5.75. The van der Waals surface area contributed by atoms with Crippen LogP contribution in [0.3, 0.4) is 0 Å². The number of nitrogens with one attached hydrogen (secondary N) is 2. The van der Waals surface area contributed by atoms with Crippen LogP contribution in [-0.2, 0) is 19.6 Å². The molecule has 2 aromatic rings. The molecule has 2 N–H and O–H groups in total. The maximum Gasteiger partial charge on any atom is 0.265 e. The minimum absolute atomic E-state index is 0.0888. The van der Waals surface area contributed by atoms with Crippen molar-refractivity contribution in [1.82, 2.24) is 4.31 Å². The Morgan fingerprint density at radius 2 is 1.87 bits per heavy atom. The third-order valence-corrected chi connectivity index (χ3v) is 7.64. The number of hydrogen-bond acceptors (Lipinski definition) is 5. The van der Waals surface area contributed by atoms with Gasteiger partial charge < -0.3 is 15.4 Å².